The first-order valence-corrected chi connectivity index (χ1v) is 11.2. The number of carbonyl (C=O) groups is 1. The van der Waals surface area contributed by atoms with Crippen molar-refractivity contribution in [1.82, 2.24) is 25.1 Å². The topological polar surface area (TPSA) is 143 Å². The molecule has 3 aromatic heterocycles. The molecule has 3 aromatic rings. The van der Waals surface area contributed by atoms with Gasteiger partial charge < -0.3 is 16.2 Å². The second-order valence-corrected chi connectivity index (χ2v) is 9.55. The van der Waals surface area contributed by atoms with Crippen molar-refractivity contribution in [2.24, 2.45) is 23.5 Å². The van der Waals surface area contributed by atoms with Crippen molar-refractivity contribution in [3.63, 3.8) is 0 Å². The lowest BCUT2D eigenvalue weighted by Gasteiger charge is -2.47. The third kappa shape index (κ3) is 3.25. The summed E-state index contributed by atoms with van der Waals surface area (Å²) in [7, 11) is 0. The lowest BCUT2D eigenvalue weighted by molar-refractivity contribution is -0.148. The van der Waals surface area contributed by atoms with E-state index in [0.29, 0.717) is 23.9 Å². The number of aliphatic carboxylic acids is 1. The van der Waals surface area contributed by atoms with Crippen molar-refractivity contribution in [2.75, 3.05) is 5.32 Å². The molecule has 0 radical (unpaired) electrons. The Balaban J connectivity index is 1.47. The summed E-state index contributed by atoms with van der Waals surface area (Å²) in [6.07, 6.45) is 5.74. The molecule has 0 aliphatic heterocycles. The third-order valence-corrected chi connectivity index (χ3v) is 7.52. The first-order chi connectivity index (χ1) is 15.8. The molecule has 0 aromatic carbocycles. The van der Waals surface area contributed by atoms with E-state index in [1.54, 1.807) is 0 Å². The minimum Gasteiger partial charge on any atom is -0.481 e. The summed E-state index contributed by atoms with van der Waals surface area (Å²) in [5, 5.41) is 20.2. The van der Waals surface area contributed by atoms with Crippen LogP contribution in [-0.4, -0.2) is 42.3 Å². The van der Waals surface area contributed by atoms with E-state index in [0.717, 1.165) is 31.9 Å². The van der Waals surface area contributed by atoms with Crippen LogP contribution >= 0.6 is 0 Å². The standard InChI is InChI=1S/C22H23F2N7O2/c23-11-7-12-16(30-31-18(12)26-8-11)20-28-17(22(25)5-6-22)14(24)19(29-20)27-15-10-3-1-9(2-4-10)13(15)21(32)33/h7-10,13,15H,1-6,25H2,(H,32,33)(H,26,30,31)(H,27,28,29). The second-order valence-electron chi connectivity index (χ2n) is 9.55. The fraction of sp³-hybridized carbons (Fsp3) is 0.500. The van der Waals surface area contributed by atoms with E-state index in [-0.39, 0.29) is 34.8 Å². The number of nitrogens with one attached hydrogen (secondary N) is 2. The highest BCUT2D eigenvalue weighted by Crippen LogP contribution is 2.48. The van der Waals surface area contributed by atoms with E-state index in [9.17, 15) is 14.3 Å². The number of carboxylic acid groups (broad SMARTS) is 1. The van der Waals surface area contributed by atoms with Crippen LogP contribution in [0.1, 0.15) is 44.2 Å². The molecular formula is C22H23F2N7O2. The van der Waals surface area contributed by atoms with Gasteiger partial charge in [0.2, 0.25) is 0 Å². The molecule has 0 amide bonds. The molecule has 4 fully saturated rings. The number of anilines is 1. The fourth-order valence-corrected chi connectivity index (χ4v) is 5.57. The number of fused-ring (bicyclic) bond motifs is 4. The van der Waals surface area contributed by atoms with E-state index in [1.807, 2.05) is 0 Å². The number of aromatic amines is 1. The Morgan fingerprint density at radius 3 is 2.61 bits per heavy atom. The summed E-state index contributed by atoms with van der Waals surface area (Å²) >= 11 is 0. The van der Waals surface area contributed by atoms with Gasteiger partial charge in [-0.05, 0) is 56.4 Å². The molecule has 2 unspecified atom stereocenters. The quantitative estimate of drug-likeness (QED) is 0.460. The maximum Gasteiger partial charge on any atom is 0.308 e. The average Bonchev–Trinajstić information content (AvgIpc) is 3.41. The monoisotopic (exact) mass is 455 g/mol. The molecule has 9 nitrogen and oxygen atoms in total. The van der Waals surface area contributed by atoms with Crippen LogP contribution in [0.4, 0.5) is 14.6 Å². The van der Waals surface area contributed by atoms with E-state index in [4.69, 9.17) is 5.73 Å². The van der Waals surface area contributed by atoms with Gasteiger partial charge in [-0.15, -0.1) is 0 Å². The number of H-pyrrole nitrogens is 1. The normalized spacial score (nSPS) is 27.6. The number of hydrogen-bond donors (Lipinski definition) is 4. The highest BCUT2D eigenvalue weighted by Gasteiger charge is 2.49. The fourth-order valence-electron chi connectivity index (χ4n) is 5.57. The lowest BCUT2D eigenvalue weighted by Crippen LogP contribution is -2.51. The van der Waals surface area contributed by atoms with Crippen LogP contribution in [-0.2, 0) is 10.3 Å². The van der Waals surface area contributed by atoms with Gasteiger partial charge in [-0.25, -0.2) is 23.7 Å². The summed E-state index contributed by atoms with van der Waals surface area (Å²) in [5.74, 6) is -2.51. The third-order valence-electron chi connectivity index (χ3n) is 7.52. The molecule has 2 bridgehead atoms. The van der Waals surface area contributed by atoms with Crippen molar-refractivity contribution in [2.45, 2.75) is 50.1 Å². The minimum atomic E-state index is -0.907. The number of rotatable bonds is 5. The van der Waals surface area contributed by atoms with Gasteiger partial charge in [0.15, 0.2) is 23.1 Å². The van der Waals surface area contributed by atoms with Gasteiger partial charge in [-0.1, -0.05) is 0 Å². The summed E-state index contributed by atoms with van der Waals surface area (Å²) in [4.78, 5) is 24.8. The summed E-state index contributed by atoms with van der Waals surface area (Å²) in [6, 6.07) is 0.821. The first kappa shape index (κ1) is 20.4. The van der Waals surface area contributed by atoms with E-state index >= 15 is 4.39 Å². The van der Waals surface area contributed by atoms with Gasteiger partial charge in [0, 0.05) is 6.04 Å². The van der Waals surface area contributed by atoms with Gasteiger partial charge in [-0.3, -0.25) is 9.89 Å². The van der Waals surface area contributed by atoms with Crippen molar-refractivity contribution in [3.8, 4) is 11.5 Å². The van der Waals surface area contributed by atoms with Crippen molar-refractivity contribution >= 4 is 22.8 Å². The molecule has 7 rings (SSSR count). The highest BCUT2D eigenvalue weighted by molar-refractivity contribution is 5.88. The number of pyridine rings is 1. The number of nitrogens with zero attached hydrogens (tertiary/aromatic N) is 4. The zero-order valence-corrected chi connectivity index (χ0v) is 17.7. The predicted molar refractivity (Wildman–Crippen MR) is 114 cm³/mol. The van der Waals surface area contributed by atoms with Gasteiger partial charge in [0.1, 0.15) is 17.2 Å². The van der Waals surface area contributed by atoms with Gasteiger partial charge in [0.05, 0.1) is 23.0 Å². The van der Waals surface area contributed by atoms with E-state index in [2.05, 4.69) is 30.5 Å². The molecule has 172 valence electrons. The SMILES string of the molecule is NC1(c2nc(-c3[nH]nc4ncc(F)cc34)nc(NC3C4CCC(CC4)C3C(=O)O)c2F)CC1. The maximum atomic E-state index is 15.6. The Kier molecular flexibility index (Phi) is 4.42. The minimum absolute atomic E-state index is 0.0590. The van der Waals surface area contributed by atoms with Crippen LogP contribution in [0.25, 0.3) is 22.6 Å². The molecule has 2 atom stereocenters. The van der Waals surface area contributed by atoms with Crippen molar-refractivity contribution < 1.29 is 18.7 Å². The van der Waals surface area contributed by atoms with Crippen LogP contribution in [0.2, 0.25) is 0 Å². The molecule has 4 saturated carbocycles. The average molecular weight is 455 g/mol. The molecule has 4 aliphatic carbocycles. The van der Waals surface area contributed by atoms with E-state index < -0.39 is 35.1 Å². The molecule has 3 heterocycles. The first-order valence-electron chi connectivity index (χ1n) is 11.2. The number of hydrogen-bond acceptors (Lipinski definition) is 7. The number of halogens is 2. The van der Waals surface area contributed by atoms with Crippen molar-refractivity contribution in [1.29, 1.82) is 0 Å². The van der Waals surface area contributed by atoms with Crippen LogP contribution in [0.5, 0.6) is 0 Å². The smallest absolute Gasteiger partial charge is 0.308 e. The van der Waals surface area contributed by atoms with Crippen molar-refractivity contribution in [3.05, 3.63) is 29.6 Å². The number of aromatic nitrogens is 5. The number of nitrogens with two attached hydrogens (primary N) is 1. The van der Waals surface area contributed by atoms with Crippen LogP contribution in [0.3, 0.4) is 0 Å². The maximum absolute atomic E-state index is 15.6. The predicted octanol–water partition coefficient (Wildman–Crippen LogP) is 2.94. The Hall–Kier alpha value is -3.21. The Bertz CT molecular complexity index is 1270. The summed E-state index contributed by atoms with van der Waals surface area (Å²) in [5.41, 5.74) is 6.05. The van der Waals surface area contributed by atoms with Gasteiger partial charge >= 0.3 is 5.97 Å². The Labute approximate surface area is 187 Å². The Morgan fingerprint density at radius 2 is 1.91 bits per heavy atom. The van der Waals surface area contributed by atoms with Crippen LogP contribution in [0, 0.1) is 29.4 Å². The largest absolute Gasteiger partial charge is 0.481 e. The molecule has 5 N–H and O–H groups in total. The molecule has 11 heteroatoms. The summed E-state index contributed by atoms with van der Waals surface area (Å²) < 4.78 is 29.5. The lowest BCUT2D eigenvalue weighted by atomic mass is 9.61. The molecular weight excluding hydrogens is 432 g/mol. The zero-order valence-electron chi connectivity index (χ0n) is 17.7. The van der Waals surface area contributed by atoms with Crippen LogP contribution < -0.4 is 11.1 Å². The highest BCUT2D eigenvalue weighted by atomic mass is 19.1. The van der Waals surface area contributed by atoms with Gasteiger partial charge in [-0.2, -0.15) is 5.10 Å². The zero-order chi connectivity index (χ0) is 22.9. The number of carboxylic acids is 1. The molecule has 0 saturated heterocycles. The molecule has 4 aliphatic rings. The van der Waals surface area contributed by atoms with E-state index in [1.165, 1.54) is 6.07 Å². The molecule has 33 heavy (non-hydrogen) atoms. The van der Waals surface area contributed by atoms with Crippen LogP contribution in [0.15, 0.2) is 12.3 Å². The molecule has 0 spiro atoms. The van der Waals surface area contributed by atoms with Gasteiger partial charge in [0.25, 0.3) is 0 Å². The Morgan fingerprint density at radius 1 is 1.18 bits per heavy atom. The summed E-state index contributed by atoms with van der Waals surface area (Å²) in [6.45, 7) is 0. The second kappa shape index (κ2) is 7.14.